The van der Waals surface area contributed by atoms with Gasteiger partial charge in [-0.3, -0.25) is 4.79 Å². The molecule has 0 aromatic heterocycles. The molecule has 1 aromatic rings. The third-order valence-electron chi connectivity index (χ3n) is 2.83. The van der Waals surface area contributed by atoms with Crippen molar-refractivity contribution in [1.29, 1.82) is 0 Å². The molecular weight excluding hydrogens is 307 g/mol. The van der Waals surface area contributed by atoms with E-state index in [1.54, 1.807) is 17.0 Å². The van der Waals surface area contributed by atoms with E-state index in [-0.39, 0.29) is 12.5 Å². The van der Waals surface area contributed by atoms with E-state index in [2.05, 4.69) is 5.32 Å². The molecule has 6 heteroatoms. The van der Waals surface area contributed by atoms with Gasteiger partial charge in [0.05, 0.1) is 16.6 Å². The van der Waals surface area contributed by atoms with Gasteiger partial charge >= 0.3 is 0 Å². The minimum Gasteiger partial charge on any atom is -0.342 e. The minimum atomic E-state index is 0.0549. The highest BCUT2D eigenvalue weighted by molar-refractivity contribution is 6.44. The number of carbonyl (C=O) groups excluding carboxylic acids is 1. The van der Waals surface area contributed by atoms with Crippen molar-refractivity contribution in [3.63, 3.8) is 0 Å². The fourth-order valence-electron chi connectivity index (χ4n) is 1.71. The molecule has 0 unspecified atom stereocenters. The first-order valence-corrected chi connectivity index (χ1v) is 7.25. The van der Waals surface area contributed by atoms with Gasteiger partial charge in [-0.15, -0.1) is 0 Å². The van der Waals surface area contributed by atoms with Crippen molar-refractivity contribution in [2.45, 2.75) is 20.4 Å². The Labute approximate surface area is 128 Å². The fraction of sp³-hybridized carbons (Fsp3) is 0.462. The summed E-state index contributed by atoms with van der Waals surface area (Å²) in [7, 11) is 0. The Bertz CT molecular complexity index is 448. The standard InChI is InChI=1S/C13H17Cl3N2O/c1-3-18(4-2)12(19)8-17-7-9-10(14)5-6-11(15)13(9)16/h5-6,17H,3-4,7-8H2,1-2H3. The maximum absolute atomic E-state index is 11.8. The summed E-state index contributed by atoms with van der Waals surface area (Å²) in [6, 6.07) is 3.34. The molecule has 0 atom stereocenters. The van der Waals surface area contributed by atoms with Crippen molar-refractivity contribution in [1.82, 2.24) is 10.2 Å². The number of nitrogens with one attached hydrogen (secondary N) is 1. The van der Waals surface area contributed by atoms with Crippen LogP contribution in [0.1, 0.15) is 19.4 Å². The number of hydrogen-bond donors (Lipinski definition) is 1. The first-order valence-electron chi connectivity index (χ1n) is 6.12. The molecule has 1 N–H and O–H groups in total. The van der Waals surface area contributed by atoms with Gasteiger partial charge in [0.25, 0.3) is 0 Å². The van der Waals surface area contributed by atoms with Gasteiger partial charge in [-0.2, -0.15) is 0 Å². The summed E-state index contributed by atoms with van der Waals surface area (Å²) in [4.78, 5) is 13.6. The Balaban J connectivity index is 2.59. The zero-order chi connectivity index (χ0) is 14.4. The molecule has 0 aliphatic heterocycles. The molecule has 3 nitrogen and oxygen atoms in total. The first kappa shape index (κ1) is 16.6. The van der Waals surface area contributed by atoms with Gasteiger partial charge in [0, 0.05) is 30.2 Å². The predicted octanol–water partition coefficient (Wildman–Crippen LogP) is 3.60. The summed E-state index contributed by atoms with van der Waals surface area (Å²) in [5.41, 5.74) is 0.711. The Hall–Kier alpha value is -0.480. The SMILES string of the molecule is CCN(CC)C(=O)CNCc1c(Cl)ccc(Cl)c1Cl. The van der Waals surface area contributed by atoms with Crippen molar-refractivity contribution in [3.05, 3.63) is 32.8 Å². The van der Waals surface area contributed by atoms with Gasteiger partial charge in [0.15, 0.2) is 0 Å². The van der Waals surface area contributed by atoms with Crippen molar-refractivity contribution in [3.8, 4) is 0 Å². The summed E-state index contributed by atoms with van der Waals surface area (Å²) in [5, 5.41) is 4.46. The highest BCUT2D eigenvalue weighted by atomic mass is 35.5. The molecule has 0 saturated heterocycles. The van der Waals surface area contributed by atoms with Gasteiger partial charge in [0.1, 0.15) is 0 Å². The second-order valence-electron chi connectivity index (χ2n) is 3.99. The van der Waals surface area contributed by atoms with Crippen LogP contribution in [0.5, 0.6) is 0 Å². The van der Waals surface area contributed by atoms with Crippen LogP contribution in [-0.4, -0.2) is 30.4 Å². The summed E-state index contributed by atoms with van der Waals surface area (Å²) < 4.78 is 0. The second-order valence-corrected chi connectivity index (χ2v) is 5.18. The maximum atomic E-state index is 11.8. The number of amides is 1. The number of hydrogen-bond acceptors (Lipinski definition) is 2. The molecule has 106 valence electrons. The molecule has 1 aromatic carbocycles. The monoisotopic (exact) mass is 322 g/mol. The predicted molar refractivity (Wildman–Crippen MR) is 81.1 cm³/mol. The van der Waals surface area contributed by atoms with Gasteiger partial charge in [-0.05, 0) is 26.0 Å². The van der Waals surface area contributed by atoms with E-state index in [0.717, 1.165) is 0 Å². The third kappa shape index (κ3) is 4.53. The quantitative estimate of drug-likeness (QED) is 0.811. The van der Waals surface area contributed by atoms with Crippen LogP contribution in [-0.2, 0) is 11.3 Å². The van der Waals surface area contributed by atoms with Crippen LogP contribution in [0.2, 0.25) is 15.1 Å². The normalized spacial score (nSPS) is 10.6. The molecule has 1 rings (SSSR count). The van der Waals surface area contributed by atoms with Crippen LogP contribution in [0, 0.1) is 0 Å². The Morgan fingerprint density at radius 2 is 1.74 bits per heavy atom. The fourth-order valence-corrected chi connectivity index (χ4v) is 2.39. The molecule has 0 heterocycles. The highest BCUT2D eigenvalue weighted by Crippen LogP contribution is 2.31. The van der Waals surface area contributed by atoms with Crippen molar-refractivity contribution >= 4 is 40.7 Å². The van der Waals surface area contributed by atoms with E-state index in [0.29, 0.717) is 40.3 Å². The van der Waals surface area contributed by atoms with E-state index in [1.165, 1.54) is 0 Å². The van der Waals surface area contributed by atoms with Crippen LogP contribution in [0.15, 0.2) is 12.1 Å². The first-order chi connectivity index (χ1) is 9.01. The molecule has 0 radical (unpaired) electrons. The molecule has 0 aliphatic carbocycles. The molecule has 19 heavy (non-hydrogen) atoms. The third-order valence-corrected chi connectivity index (χ3v) is 4.03. The lowest BCUT2D eigenvalue weighted by Gasteiger charge is -2.19. The van der Waals surface area contributed by atoms with Crippen molar-refractivity contribution < 1.29 is 4.79 Å². The van der Waals surface area contributed by atoms with Gasteiger partial charge in [-0.25, -0.2) is 0 Å². The molecule has 0 bridgehead atoms. The van der Waals surface area contributed by atoms with Crippen LogP contribution >= 0.6 is 34.8 Å². The van der Waals surface area contributed by atoms with Gasteiger partial charge in [-0.1, -0.05) is 34.8 Å². The zero-order valence-corrected chi connectivity index (χ0v) is 13.2. The van der Waals surface area contributed by atoms with Crippen LogP contribution in [0.25, 0.3) is 0 Å². The lowest BCUT2D eigenvalue weighted by molar-refractivity contribution is -0.129. The van der Waals surface area contributed by atoms with Crippen molar-refractivity contribution in [2.75, 3.05) is 19.6 Å². The van der Waals surface area contributed by atoms with Crippen LogP contribution in [0.3, 0.4) is 0 Å². The van der Waals surface area contributed by atoms with E-state index >= 15 is 0 Å². The molecular formula is C13H17Cl3N2O. The molecule has 0 spiro atoms. The molecule has 0 aliphatic rings. The lowest BCUT2D eigenvalue weighted by atomic mass is 10.2. The second kappa shape index (κ2) is 7.95. The van der Waals surface area contributed by atoms with E-state index < -0.39 is 0 Å². The van der Waals surface area contributed by atoms with Crippen LogP contribution in [0.4, 0.5) is 0 Å². The van der Waals surface area contributed by atoms with E-state index in [9.17, 15) is 4.79 Å². The number of likely N-dealkylation sites (N-methyl/N-ethyl adjacent to an activating group) is 1. The Morgan fingerprint density at radius 1 is 1.16 bits per heavy atom. The summed E-state index contributed by atoms with van der Waals surface area (Å²) in [6.07, 6.45) is 0. The maximum Gasteiger partial charge on any atom is 0.236 e. The smallest absolute Gasteiger partial charge is 0.236 e. The number of carbonyl (C=O) groups is 1. The summed E-state index contributed by atoms with van der Waals surface area (Å²) in [5.74, 6) is 0.0549. The Kier molecular flexibility index (Phi) is 6.94. The van der Waals surface area contributed by atoms with E-state index in [1.807, 2.05) is 13.8 Å². The number of rotatable bonds is 6. The average Bonchev–Trinajstić information content (AvgIpc) is 2.39. The number of nitrogens with zero attached hydrogens (tertiary/aromatic N) is 1. The molecule has 0 fully saturated rings. The number of halogens is 3. The van der Waals surface area contributed by atoms with Gasteiger partial charge < -0.3 is 10.2 Å². The lowest BCUT2D eigenvalue weighted by Crippen LogP contribution is -2.37. The Morgan fingerprint density at radius 3 is 2.32 bits per heavy atom. The summed E-state index contributed by atoms with van der Waals surface area (Å²) in [6.45, 7) is 5.97. The van der Waals surface area contributed by atoms with Crippen molar-refractivity contribution in [2.24, 2.45) is 0 Å². The average molecular weight is 324 g/mol. The molecule has 0 saturated carbocycles. The largest absolute Gasteiger partial charge is 0.342 e. The van der Waals surface area contributed by atoms with Gasteiger partial charge in [0.2, 0.25) is 5.91 Å². The van der Waals surface area contributed by atoms with E-state index in [4.69, 9.17) is 34.8 Å². The van der Waals surface area contributed by atoms with Crippen LogP contribution < -0.4 is 5.32 Å². The zero-order valence-electron chi connectivity index (χ0n) is 11.0. The highest BCUT2D eigenvalue weighted by Gasteiger charge is 2.12. The minimum absolute atomic E-state index is 0.0549. The summed E-state index contributed by atoms with van der Waals surface area (Å²) >= 11 is 18.1. The topological polar surface area (TPSA) is 32.3 Å². The molecule has 1 amide bonds. The number of benzene rings is 1.